The molecule has 11 heteroatoms. The zero-order valence-corrected chi connectivity index (χ0v) is 18.1. The van der Waals surface area contributed by atoms with Gasteiger partial charge in [-0.25, -0.2) is 4.79 Å². The number of carbonyl (C=O) groups is 1. The Balaban J connectivity index is 1.92. The molecule has 1 aromatic heterocycles. The first-order chi connectivity index (χ1) is 14.4. The summed E-state index contributed by atoms with van der Waals surface area (Å²) >= 11 is 13.9. The van der Waals surface area contributed by atoms with Gasteiger partial charge < -0.3 is 14.2 Å². The summed E-state index contributed by atoms with van der Waals surface area (Å²) in [6, 6.07) is 4.34. The molecule has 1 fully saturated rings. The second-order valence-corrected chi connectivity index (χ2v) is 8.23. The van der Waals surface area contributed by atoms with E-state index >= 15 is 0 Å². The summed E-state index contributed by atoms with van der Waals surface area (Å²) < 4.78 is 40.6. The molecule has 6 nitrogen and oxygen atoms in total. The summed E-state index contributed by atoms with van der Waals surface area (Å²) in [5.74, 6) is 0.291. The Morgan fingerprint density at radius 1 is 1.30 bits per heavy atom. The first-order valence-electron chi connectivity index (χ1n) is 8.85. The predicted octanol–water partition coefficient (Wildman–Crippen LogP) is 4.49. The number of methoxy groups -OCH3 is 1. The van der Waals surface area contributed by atoms with Crippen LogP contribution < -0.4 is 14.8 Å². The number of thioether (sulfide) groups is 1. The summed E-state index contributed by atoms with van der Waals surface area (Å²) in [4.78, 5) is 16.5. The maximum atomic E-state index is 12.6. The number of ether oxygens (including phenoxy) is 3. The zero-order chi connectivity index (χ0) is 21.7. The number of carbonyl (C=O) groups excluding carboxylic acids is 1. The first kappa shape index (κ1) is 22.9. The second-order valence-electron chi connectivity index (χ2n) is 6.21. The molecular weight excluding hydrogens is 461 g/mol. The van der Waals surface area contributed by atoms with Crippen LogP contribution in [0.25, 0.3) is 0 Å². The molecule has 0 amide bonds. The molecule has 2 heterocycles. The number of esters is 1. The van der Waals surface area contributed by atoms with Crippen molar-refractivity contribution in [2.45, 2.75) is 24.5 Å². The number of rotatable bonds is 8. The van der Waals surface area contributed by atoms with Crippen molar-refractivity contribution in [3.05, 3.63) is 51.8 Å². The molecule has 0 aliphatic carbocycles. The van der Waals surface area contributed by atoms with Gasteiger partial charge in [0.25, 0.3) is 0 Å². The van der Waals surface area contributed by atoms with Crippen molar-refractivity contribution in [1.82, 2.24) is 10.3 Å². The Kier molecular flexibility index (Phi) is 7.99. The van der Waals surface area contributed by atoms with Gasteiger partial charge in [0, 0.05) is 31.1 Å². The number of nitrogens with zero attached hydrogens (tertiary/aromatic N) is 1. The Bertz CT molecular complexity index is 881. The van der Waals surface area contributed by atoms with Crippen LogP contribution in [0.4, 0.5) is 8.78 Å². The lowest BCUT2D eigenvalue weighted by atomic mass is 10.0. The third-order valence-electron chi connectivity index (χ3n) is 4.31. The molecule has 0 bridgehead atoms. The van der Waals surface area contributed by atoms with E-state index in [1.807, 2.05) is 0 Å². The van der Waals surface area contributed by atoms with Gasteiger partial charge in [-0.3, -0.25) is 10.3 Å². The van der Waals surface area contributed by atoms with Crippen molar-refractivity contribution in [2.75, 3.05) is 19.4 Å². The Morgan fingerprint density at radius 3 is 2.63 bits per heavy atom. The van der Waals surface area contributed by atoms with Gasteiger partial charge in [-0.1, -0.05) is 29.3 Å². The summed E-state index contributed by atoms with van der Waals surface area (Å²) in [5.41, 5.74) is 1.05. The normalized spacial score (nSPS) is 17.1. The fourth-order valence-electron chi connectivity index (χ4n) is 2.90. The van der Waals surface area contributed by atoms with Gasteiger partial charge >= 0.3 is 12.6 Å². The van der Waals surface area contributed by atoms with E-state index in [4.69, 9.17) is 32.7 Å². The fourth-order valence-corrected chi connectivity index (χ4v) is 4.32. The van der Waals surface area contributed by atoms with Crippen LogP contribution in [0.15, 0.2) is 30.6 Å². The van der Waals surface area contributed by atoms with Gasteiger partial charge in [-0.2, -0.15) is 8.78 Å². The third-order valence-corrected chi connectivity index (χ3v) is 6.09. The molecule has 0 spiro atoms. The van der Waals surface area contributed by atoms with Crippen molar-refractivity contribution in [1.29, 1.82) is 0 Å². The molecule has 1 saturated heterocycles. The smallest absolute Gasteiger partial charge is 0.387 e. The number of hydrogen-bond donors (Lipinski definition) is 1. The quantitative estimate of drug-likeness (QED) is 0.560. The molecule has 2 aromatic rings. The summed E-state index contributed by atoms with van der Waals surface area (Å²) in [6.45, 7) is -2.30. The number of pyridine rings is 1. The van der Waals surface area contributed by atoms with E-state index in [2.05, 4.69) is 15.0 Å². The summed E-state index contributed by atoms with van der Waals surface area (Å²) in [5, 5.41) is 3.21. The SMILES string of the molecule is COc1cc([C@H](Cc2c(Cl)cncc2Cl)OC(=O)[C@H]2NCCS2)ccc1OC(F)F. The van der Waals surface area contributed by atoms with E-state index < -0.39 is 24.1 Å². The maximum Gasteiger partial charge on any atom is 0.387 e. The number of benzene rings is 1. The highest BCUT2D eigenvalue weighted by Gasteiger charge is 2.29. The number of hydrogen-bond acceptors (Lipinski definition) is 7. The van der Waals surface area contributed by atoms with E-state index in [-0.39, 0.29) is 17.9 Å². The van der Waals surface area contributed by atoms with Crippen LogP contribution in [0.3, 0.4) is 0 Å². The fraction of sp³-hybridized carbons (Fsp3) is 0.368. The van der Waals surface area contributed by atoms with Gasteiger partial charge in [0.1, 0.15) is 6.10 Å². The number of aromatic nitrogens is 1. The van der Waals surface area contributed by atoms with Gasteiger partial charge in [0.2, 0.25) is 0 Å². The molecular formula is C19H18Cl2F2N2O4S. The van der Waals surface area contributed by atoms with Crippen LogP contribution in [0, 0.1) is 0 Å². The highest BCUT2D eigenvalue weighted by Crippen LogP contribution is 2.36. The molecule has 162 valence electrons. The van der Waals surface area contributed by atoms with Gasteiger partial charge in [-0.15, -0.1) is 11.8 Å². The van der Waals surface area contributed by atoms with E-state index in [0.29, 0.717) is 27.7 Å². The minimum Gasteiger partial charge on any atom is -0.493 e. The highest BCUT2D eigenvalue weighted by atomic mass is 35.5. The van der Waals surface area contributed by atoms with E-state index in [1.54, 1.807) is 0 Å². The van der Waals surface area contributed by atoms with E-state index in [1.165, 1.54) is 49.5 Å². The van der Waals surface area contributed by atoms with Gasteiger partial charge in [0.05, 0.1) is 17.2 Å². The molecule has 1 aromatic carbocycles. The summed E-state index contributed by atoms with van der Waals surface area (Å²) in [7, 11) is 1.33. The maximum absolute atomic E-state index is 12.6. The number of halogens is 4. The van der Waals surface area contributed by atoms with Crippen molar-refractivity contribution in [2.24, 2.45) is 0 Å². The number of nitrogens with one attached hydrogen (secondary N) is 1. The molecule has 0 unspecified atom stereocenters. The molecule has 2 atom stereocenters. The van der Waals surface area contributed by atoms with E-state index in [0.717, 1.165) is 5.75 Å². The van der Waals surface area contributed by atoms with Gasteiger partial charge in [0.15, 0.2) is 16.9 Å². The van der Waals surface area contributed by atoms with Crippen LogP contribution in [-0.4, -0.2) is 42.3 Å². The molecule has 1 N–H and O–H groups in total. The van der Waals surface area contributed by atoms with Crippen LogP contribution in [0.5, 0.6) is 11.5 Å². The highest BCUT2D eigenvalue weighted by molar-refractivity contribution is 8.00. The summed E-state index contributed by atoms with van der Waals surface area (Å²) in [6.07, 6.45) is 2.24. The third kappa shape index (κ3) is 5.66. The monoisotopic (exact) mass is 478 g/mol. The van der Waals surface area contributed by atoms with Crippen LogP contribution in [0.2, 0.25) is 10.0 Å². The topological polar surface area (TPSA) is 69.7 Å². The first-order valence-corrected chi connectivity index (χ1v) is 10.7. The Labute approximate surface area is 186 Å². The Hall–Kier alpha value is -1.81. The van der Waals surface area contributed by atoms with Crippen LogP contribution in [0.1, 0.15) is 17.2 Å². The minimum absolute atomic E-state index is 0.0779. The lowest BCUT2D eigenvalue weighted by molar-refractivity contribution is -0.149. The average molecular weight is 479 g/mol. The molecule has 1 aliphatic heterocycles. The molecule has 3 rings (SSSR count). The average Bonchev–Trinajstić information content (AvgIpc) is 3.25. The van der Waals surface area contributed by atoms with Crippen molar-refractivity contribution < 1.29 is 27.8 Å². The van der Waals surface area contributed by atoms with Crippen molar-refractivity contribution >= 4 is 40.9 Å². The van der Waals surface area contributed by atoms with Gasteiger partial charge in [-0.05, 0) is 23.3 Å². The molecule has 1 aliphatic rings. The molecule has 0 radical (unpaired) electrons. The largest absolute Gasteiger partial charge is 0.493 e. The van der Waals surface area contributed by atoms with Crippen LogP contribution in [-0.2, 0) is 16.0 Å². The lowest BCUT2D eigenvalue weighted by Crippen LogP contribution is -2.32. The van der Waals surface area contributed by atoms with Crippen molar-refractivity contribution in [3.8, 4) is 11.5 Å². The second kappa shape index (κ2) is 10.5. The minimum atomic E-state index is -3.00. The zero-order valence-electron chi connectivity index (χ0n) is 15.7. The number of alkyl halides is 2. The lowest BCUT2D eigenvalue weighted by Gasteiger charge is -2.22. The molecule has 0 saturated carbocycles. The Morgan fingerprint density at radius 2 is 2.03 bits per heavy atom. The predicted molar refractivity (Wildman–Crippen MR) is 111 cm³/mol. The molecule has 30 heavy (non-hydrogen) atoms. The van der Waals surface area contributed by atoms with Crippen molar-refractivity contribution in [3.63, 3.8) is 0 Å². The standard InChI is InChI=1S/C19H18Cl2F2N2O4S/c1-27-16-6-10(2-3-14(16)29-19(22)23)15(28-18(26)17-25-4-5-30-17)7-11-12(20)8-24-9-13(11)21/h2-3,6,8-9,15,17,19,25H,4-5,7H2,1H3/t15-,17-/m0/s1. The van der Waals surface area contributed by atoms with E-state index in [9.17, 15) is 13.6 Å². The van der Waals surface area contributed by atoms with Crippen LogP contribution >= 0.6 is 35.0 Å².